The molecule has 4 aliphatic carbocycles. The van der Waals surface area contributed by atoms with E-state index in [1.807, 2.05) is 11.3 Å². The fraction of sp³-hybridized carbons (Fsp3) is 0.630. The third-order valence-electron chi connectivity index (χ3n) is 9.81. The highest BCUT2D eigenvalue weighted by Crippen LogP contribution is 2.67. The van der Waals surface area contributed by atoms with Gasteiger partial charge in [-0.2, -0.15) is 0 Å². The number of fused-ring (bicyclic) bond motifs is 7. The molecule has 0 bridgehead atoms. The van der Waals surface area contributed by atoms with Crippen LogP contribution in [0.2, 0.25) is 0 Å². The molecule has 1 heterocycles. The van der Waals surface area contributed by atoms with Crippen molar-refractivity contribution in [2.75, 3.05) is 5.32 Å². The molecule has 6 atom stereocenters. The number of carbonyl (C=O) groups excluding carboxylic acids is 1. The van der Waals surface area contributed by atoms with Crippen molar-refractivity contribution in [3.05, 3.63) is 46.5 Å². The molecule has 1 aromatic carbocycles. The summed E-state index contributed by atoms with van der Waals surface area (Å²) in [5.41, 5.74) is 3.03. The molecule has 3 nitrogen and oxygen atoms in total. The zero-order valence-corrected chi connectivity index (χ0v) is 19.6. The number of Topliss-reactive ketones (excluding diaryl/α,β-unsaturated/α-hetero) is 1. The van der Waals surface area contributed by atoms with Crippen LogP contribution in [0.15, 0.2) is 30.3 Å². The number of nitrogens with one attached hydrogen (secondary N) is 1. The molecule has 2 aromatic rings. The van der Waals surface area contributed by atoms with Gasteiger partial charge in [-0.3, -0.25) is 4.79 Å². The lowest BCUT2D eigenvalue weighted by Crippen LogP contribution is -2.52. The zero-order chi connectivity index (χ0) is 21.2. The van der Waals surface area contributed by atoms with Gasteiger partial charge >= 0.3 is 0 Å². The predicted molar refractivity (Wildman–Crippen MR) is 126 cm³/mol. The van der Waals surface area contributed by atoms with E-state index in [9.17, 15) is 4.79 Å². The number of aromatic nitrogens is 1. The Labute approximate surface area is 190 Å². The molecule has 4 aliphatic rings. The van der Waals surface area contributed by atoms with Gasteiger partial charge in [0.05, 0.1) is 5.69 Å². The topological polar surface area (TPSA) is 42.0 Å². The van der Waals surface area contributed by atoms with Crippen LogP contribution in [-0.4, -0.2) is 10.8 Å². The number of rotatable bonds is 3. The Kier molecular flexibility index (Phi) is 4.61. The Bertz CT molecular complexity index is 1000. The first-order valence-electron chi connectivity index (χ1n) is 12.3. The molecule has 0 radical (unpaired) electrons. The molecule has 0 saturated heterocycles. The van der Waals surface area contributed by atoms with Gasteiger partial charge in [0.15, 0.2) is 5.13 Å². The van der Waals surface area contributed by atoms with E-state index < -0.39 is 0 Å². The van der Waals surface area contributed by atoms with Crippen LogP contribution in [0.4, 0.5) is 5.13 Å². The maximum Gasteiger partial charge on any atom is 0.183 e. The average molecular weight is 435 g/mol. The van der Waals surface area contributed by atoms with E-state index in [1.165, 1.54) is 36.9 Å². The second-order valence-electron chi connectivity index (χ2n) is 11.1. The second-order valence-corrected chi connectivity index (χ2v) is 12.1. The van der Waals surface area contributed by atoms with E-state index in [0.29, 0.717) is 23.0 Å². The first kappa shape index (κ1) is 20.0. The van der Waals surface area contributed by atoms with Crippen LogP contribution in [0.25, 0.3) is 0 Å². The number of ketones is 1. The first-order valence-corrected chi connectivity index (χ1v) is 13.1. The number of thiazole rings is 1. The van der Waals surface area contributed by atoms with Crippen molar-refractivity contribution in [3.63, 3.8) is 0 Å². The largest absolute Gasteiger partial charge is 0.357 e. The molecule has 3 saturated carbocycles. The summed E-state index contributed by atoms with van der Waals surface area (Å²) >= 11 is 1.92. The lowest BCUT2D eigenvalue weighted by Gasteiger charge is -2.59. The van der Waals surface area contributed by atoms with Crippen LogP contribution in [0.1, 0.15) is 80.8 Å². The van der Waals surface area contributed by atoms with Gasteiger partial charge < -0.3 is 5.32 Å². The van der Waals surface area contributed by atoms with E-state index in [4.69, 9.17) is 4.98 Å². The van der Waals surface area contributed by atoms with Gasteiger partial charge in [-0.15, -0.1) is 11.3 Å². The molecule has 1 aromatic heterocycles. The average Bonchev–Trinajstić information content (AvgIpc) is 3.33. The van der Waals surface area contributed by atoms with Crippen LogP contribution in [0, 0.1) is 28.6 Å². The van der Waals surface area contributed by atoms with Crippen LogP contribution in [-0.2, 0) is 17.8 Å². The minimum Gasteiger partial charge on any atom is -0.357 e. The maximum atomic E-state index is 12.7. The SMILES string of the molecule is C[C@]12CCc3nc(NCc4ccccc4)sc3C1CC[C@@H]1[C@@H]2CC[C@]2(C)C(=O)CC[C@@H]12. The van der Waals surface area contributed by atoms with E-state index in [1.54, 1.807) is 4.88 Å². The first-order chi connectivity index (χ1) is 15.0. The highest BCUT2D eigenvalue weighted by atomic mass is 32.1. The molecule has 4 heteroatoms. The summed E-state index contributed by atoms with van der Waals surface area (Å²) in [6.45, 7) is 5.73. The van der Waals surface area contributed by atoms with Gasteiger partial charge in [0.1, 0.15) is 5.78 Å². The number of benzene rings is 1. The van der Waals surface area contributed by atoms with Crippen molar-refractivity contribution in [1.29, 1.82) is 0 Å². The van der Waals surface area contributed by atoms with Crippen LogP contribution in [0.3, 0.4) is 0 Å². The number of nitrogens with zero attached hydrogens (tertiary/aromatic N) is 1. The van der Waals surface area contributed by atoms with Crippen molar-refractivity contribution in [1.82, 2.24) is 4.98 Å². The minimum absolute atomic E-state index is 0.0107. The highest BCUT2D eigenvalue weighted by molar-refractivity contribution is 7.15. The van der Waals surface area contributed by atoms with E-state index in [0.717, 1.165) is 49.2 Å². The Balaban J connectivity index is 1.24. The van der Waals surface area contributed by atoms with Gasteiger partial charge in [0, 0.05) is 29.2 Å². The predicted octanol–water partition coefficient (Wildman–Crippen LogP) is 6.60. The van der Waals surface area contributed by atoms with Crippen LogP contribution in [0.5, 0.6) is 0 Å². The lowest BCUT2D eigenvalue weighted by atomic mass is 9.46. The molecule has 0 spiro atoms. The van der Waals surface area contributed by atoms with Gasteiger partial charge in [-0.05, 0) is 73.7 Å². The van der Waals surface area contributed by atoms with E-state index in [2.05, 4.69) is 49.5 Å². The standard InChI is InChI=1S/C27H34N2OS/c1-26-15-13-22-24(31-25(29-22)28-16-17-6-4-3-5-7-17)21(26)9-8-18-19-10-11-23(30)27(19,2)14-12-20(18)26/h3-7,18-21H,8-16H2,1-2H3,(H,28,29)/t18-,19-,20-,21?,26+,27-/m0/s1. The Morgan fingerprint density at radius 1 is 1.03 bits per heavy atom. The summed E-state index contributed by atoms with van der Waals surface area (Å²) in [5.74, 6) is 3.40. The smallest absolute Gasteiger partial charge is 0.183 e. The van der Waals surface area contributed by atoms with Gasteiger partial charge in [0.2, 0.25) is 0 Å². The summed E-state index contributed by atoms with van der Waals surface area (Å²) < 4.78 is 0. The molecular formula is C27H34N2OS. The van der Waals surface area contributed by atoms with Crippen LogP contribution >= 0.6 is 11.3 Å². The number of hydrogen-bond acceptors (Lipinski definition) is 4. The van der Waals surface area contributed by atoms with Crippen molar-refractivity contribution >= 4 is 22.3 Å². The molecule has 31 heavy (non-hydrogen) atoms. The van der Waals surface area contributed by atoms with E-state index in [-0.39, 0.29) is 5.41 Å². The molecule has 3 fully saturated rings. The quantitative estimate of drug-likeness (QED) is 0.592. The Morgan fingerprint density at radius 2 is 1.87 bits per heavy atom. The van der Waals surface area contributed by atoms with E-state index >= 15 is 0 Å². The lowest BCUT2D eigenvalue weighted by molar-refractivity contribution is -0.134. The van der Waals surface area contributed by atoms with Gasteiger partial charge in [-0.25, -0.2) is 4.98 Å². The summed E-state index contributed by atoms with van der Waals surface area (Å²) in [4.78, 5) is 19.3. The number of carbonyl (C=O) groups is 1. The van der Waals surface area contributed by atoms with Gasteiger partial charge in [-0.1, -0.05) is 44.2 Å². The maximum absolute atomic E-state index is 12.7. The fourth-order valence-electron chi connectivity index (χ4n) is 8.07. The van der Waals surface area contributed by atoms with Crippen molar-refractivity contribution in [3.8, 4) is 0 Å². The molecule has 1 unspecified atom stereocenters. The summed E-state index contributed by atoms with van der Waals surface area (Å²) in [7, 11) is 0. The summed E-state index contributed by atoms with van der Waals surface area (Å²) in [5, 5.41) is 4.69. The molecule has 164 valence electrons. The molecule has 6 rings (SSSR count). The third kappa shape index (κ3) is 2.97. The third-order valence-corrected chi connectivity index (χ3v) is 11.0. The second kappa shape index (κ2) is 7.16. The minimum atomic E-state index is -0.0107. The molecule has 0 amide bonds. The van der Waals surface area contributed by atoms with Crippen molar-refractivity contribution in [2.45, 2.75) is 77.7 Å². The molecular weight excluding hydrogens is 400 g/mol. The molecule has 0 aliphatic heterocycles. The van der Waals surface area contributed by atoms with Gasteiger partial charge in [0.25, 0.3) is 0 Å². The molecule has 1 N–H and O–H groups in total. The zero-order valence-electron chi connectivity index (χ0n) is 18.8. The Hall–Kier alpha value is -1.68. The summed E-state index contributed by atoms with van der Waals surface area (Å²) in [6.07, 6.45) is 9.34. The van der Waals surface area contributed by atoms with Crippen LogP contribution < -0.4 is 5.32 Å². The summed E-state index contributed by atoms with van der Waals surface area (Å²) in [6, 6.07) is 10.6. The number of anilines is 1. The number of aryl methyl sites for hydroxylation is 1. The normalized spacial score (nSPS) is 38.7. The van der Waals surface area contributed by atoms with Crippen molar-refractivity contribution in [2.24, 2.45) is 28.6 Å². The van der Waals surface area contributed by atoms with Crippen molar-refractivity contribution < 1.29 is 4.79 Å². The monoisotopic (exact) mass is 434 g/mol. The Morgan fingerprint density at radius 3 is 2.71 bits per heavy atom. The fourth-order valence-corrected chi connectivity index (χ4v) is 9.37. The number of hydrogen-bond donors (Lipinski definition) is 1. The highest BCUT2D eigenvalue weighted by Gasteiger charge is 2.60.